The second-order valence-electron chi connectivity index (χ2n) is 2.29. The molecule has 1 aromatic carbocycles. The normalized spacial score (nSPS) is 9.62. The lowest BCUT2D eigenvalue weighted by molar-refractivity contribution is 0.322. The molecule has 0 aliphatic rings. The topological polar surface area (TPSA) is 32.6 Å². The van der Waals surface area contributed by atoms with Gasteiger partial charge < -0.3 is 5.21 Å². The first-order chi connectivity index (χ1) is 6.38. The lowest BCUT2D eigenvalue weighted by Crippen LogP contribution is -1.86. The Morgan fingerprint density at radius 1 is 1.46 bits per heavy atom. The second-order valence-corrected chi connectivity index (χ2v) is 2.61. The van der Waals surface area contributed by atoms with E-state index in [1.807, 2.05) is 24.3 Å². The Morgan fingerprint density at radius 3 is 2.92 bits per heavy atom. The molecule has 1 rings (SSSR count). The largest absolute Gasteiger partial charge is 0.411 e. The number of oxime groups is 1. The van der Waals surface area contributed by atoms with E-state index in [1.54, 1.807) is 0 Å². The van der Waals surface area contributed by atoms with Gasteiger partial charge in [-0.25, -0.2) is 0 Å². The molecule has 0 spiro atoms. The van der Waals surface area contributed by atoms with E-state index in [0.29, 0.717) is 5.75 Å². The summed E-state index contributed by atoms with van der Waals surface area (Å²) in [6, 6.07) is 7.45. The summed E-state index contributed by atoms with van der Waals surface area (Å²) in [5.41, 5.74) is 1.65. The molecule has 1 aromatic rings. The van der Waals surface area contributed by atoms with Gasteiger partial charge in [-0.1, -0.05) is 35.2 Å². The van der Waals surface area contributed by atoms with E-state index in [-0.39, 0.29) is 0 Å². The zero-order valence-electron chi connectivity index (χ0n) is 6.94. The van der Waals surface area contributed by atoms with Crippen LogP contribution < -0.4 is 0 Å². The number of nitrogens with zero attached hydrogens (tertiary/aromatic N) is 1. The third kappa shape index (κ3) is 2.85. The highest BCUT2D eigenvalue weighted by molar-refractivity contribution is 7.80. The Morgan fingerprint density at radius 2 is 2.23 bits per heavy atom. The minimum absolute atomic E-state index is 0.518. The smallest absolute Gasteiger partial charge is 0.0746 e. The molecule has 0 saturated heterocycles. The first-order valence-electron chi connectivity index (χ1n) is 3.74. The van der Waals surface area contributed by atoms with Gasteiger partial charge in [0.1, 0.15) is 0 Å². The van der Waals surface area contributed by atoms with Gasteiger partial charge >= 0.3 is 0 Å². The second kappa shape index (κ2) is 5.28. The molecule has 66 valence electrons. The third-order valence-electron chi connectivity index (χ3n) is 1.46. The lowest BCUT2D eigenvalue weighted by atomic mass is 10.1. The van der Waals surface area contributed by atoms with Crippen LogP contribution >= 0.6 is 12.6 Å². The van der Waals surface area contributed by atoms with Crippen LogP contribution in [0.15, 0.2) is 29.4 Å². The van der Waals surface area contributed by atoms with Crippen LogP contribution in [0.3, 0.4) is 0 Å². The fourth-order valence-electron chi connectivity index (χ4n) is 0.920. The maximum absolute atomic E-state index is 8.38. The van der Waals surface area contributed by atoms with Crippen molar-refractivity contribution >= 4 is 18.8 Å². The van der Waals surface area contributed by atoms with E-state index in [1.165, 1.54) is 6.21 Å². The van der Waals surface area contributed by atoms with Crippen LogP contribution in [0.25, 0.3) is 0 Å². The van der Waals surface area contributed by atoms with E-state index in [9.17, 15) is 0 Å². The first kappa shape index (κ1) is 9.69. The highest BCUT2D eigenvalue weighted by Crippen LogP contribution is 2.03. The molecule has 0 atom stereocenters. The zero-order chi connectivity index (χ0) is 9.52. The number of hydrogen-bond donors (Lipinski definition) is 2. The van der Waals surface area contributed by atoms with Crippen LogP contribution in [0.2, 0.25) is 0 Å². The van der Waals surface area contributed by atoms with Crippen molar-refractivity contribution in [2.24, 2.45) is 5.16 Å². The summed E-state index contributed by atoms with van der Waals surface area (Å²) in [5, 5.41) is 11.3. The van der Waals surface area contributed by atoms with E-state index < -0.39 is 0 Å². The van der Waals surface area contributed by atoms with Crippen LogP contribution in [-0.2, 0) is 0 Å². The molecule has 0 unspecified atom stereocenters. The SMILES string of the molecule is ON=Cc1ccccc1C#CCS. The Kier molecular flexibility index (Phi) is 3.94. The Balaban J connectivity index is 3.04. The molecule has 0 amide bonds. The molecule has 0 aliphatic carbocycles. The molecule has 0 aromatic heterocycles. The minimum Gasteiger partial charge on any atom is -0.411 e. The molecular formula is C10H9NOS. The van der Waals surface area contributed by atoms with E-state index in [4.69, 9.17) is 5.21 Å². The van der Waals surface area contributed by atoms with Crippen LogP contribution in [0.4, 0.5) is 0 Å². The van der Waals surface area contributed by atoms with Gasteiger partial charge in [0.2, 0.25) is 0 Å². The molecule has 0 fully saturated rings. The quantitative estimate of drug-likeness (QED) is 0.229. The van der Waals surface area contributed by atoms with Crippen molar-refractivity contribution in [2.75, 3.05) is 5.75 Å². The maximum atomic E-state index is 8.38. The van der Waals surface area contributed by atoms with Gasteiger partial charge in [-0.3, -0.25) is 0 Å². The Hall–Kier alpha value is -1.40. The molecule has 2 nitrogen and oxygen atoms in total. The Bertz CT molecular complexity index is 363. The lowest BCUT2D eigenvalue weighted by Gasteiger charge is -1.94. The van der Waals surface area contributed by atoms with Gasteiger partial charge in [-0.2, -0.15) is 12.6 Å². The predicted molar refractivity (Wildman–Crippen MR) is 56.6 cm³/mol. The number of rotatable bonds is 1. The maximum Gasteiger partial charge on any atom is 0.0746 e. The van der Waals surface area contributed by atoms with Gasteiger partial charge in [-0.15, -0.1) is 0 Å². The van der Waals surface area contributed by atoms with Crippen molar-refractivity contribution < 1.29 is 5.21 Å². The van der Waals surface area contributed by atoms with Crippen LogP contribution in [0.5, 0.6) is 0 Å². The fourth-order valence-corrected chi connectivity index (χ4v) is 0.999. The number of thiol groups is 1. The monoisotopic (exact) mass is 191 g/mol. The van der Waals surface area contributed by atoms with Crippen molar-refractivity contribution in [3.8, 4) is 11.8 Å². The van der Waals surface area contributed by atoms with Crippen LogP contribution in [-0.4, -0.2) is 17.2 Å². The van der Waals surface area contributed by atoms with Crippen molar-refractivity contribution in [3.63, 3.8) is 0 Å². The van der Waals surface area contributed by atoms with Gasteiger partial charge in [0.15, 0.2) is 0 Å². The van der Waals surface area contributed by atoms with Crippen molar-refractivity contribution in [2.45, 2.75) is 0 Å². The summed E-state index contributed by atoms with van der Waals surface area (Å²) in [6.07, 6.45) is 1.36. The molecule has 0 saturated carbocycles. The van der Waals surface area contributed by atoms with Crippen LogP contribution in [0.1, 0.15) is 11.1 Å². The first-order valence-corrected chi connectivity index (χ1v) is 4.38. The molecule has 0 heterocycles. The fraction of sp³-hybridized carbons (Fsp3) is 0.100. The minimum atomic E-state index is 0.518. The van der Waals surface area contributed by atoms with Crippen LogP contribution in [0, 0.1) is 11.8 Å². The molecule has 3 heteroatoms. The summed E-state index contributed by atoms with van der Waals surface area (Å²) in [4.78, 5) is 0. The summed E-state index contributed by atoms with van der Waals surface area (Å²) in [7, 11) is 0. The summed E-state index contributed by atoms with van der Waals surface area (Å²) in [6.45, 7) is 0. The van der Waals surface area contributed by atoms with Crippen molar-refractivity contribution in [3.05, 3.63) is 35.4 Å². The third-order valence-corrected chi connectivity index (χ3v) is 1.62. The molecule has 13 heavy (non-hydrogen) atoms. The highest BCUT2D eigenvalue weighted by Gasteiger charge is 1.93. The van der Waals surface area contributed by atoms with E-state index in [0.717, 1.165) is 11.1 Å². The molecule has 0 bridgehead atoms. The zero-order valence-corrected chi connectivity index (χ0v) is 7.83. The van der Waals surface area contributed by atoms with Gasteiger partial charge in [0.05, 0.1) is 12.0 Å². The van der Waals surface area contributed by atoms with Crippen molar-refractivity contribution in [1.29, 1.82) is 0 Å². The average Bonchev–Trinajstić information content (AvgIpc) is 2.17. The number of hydrogen-bond acceptors (Lipinski definition) is 3. The van der Waals surface area contributed by atoms with Crippen molar-refractivity contribution in [1.82, 2.24) is 0 Å². The van der Waals surface area contributed by atoms with E-state index in [2.05, 4.69) is 29.6 Å². The summed E-state index contributed by atoms with van der Waals surface area (Å²) >= 11 is 3.98. The van der Waals surface area contributed by atoms with Gasteiger partial charge in [0, 0.05) is 11.1 Å². The van der Waals surface area contributed by atoms with E-state index >= 15 is 0 Å². The Labute approximate surface area is 82.7 Å². The summed E-state index contributed by atoms with van der Waals surface area (Å²) in [5.74, 6) is 6.27. The average molecular weight is 191 g/mol. The number of benzene rings is 1. The van der Waals surface area contributed by atoms with Gasteiger partial charge in [-0.05, 0) is 6.07 Å². The summed E-state index contributed by atoms with van der Waals surface area (Å²) < 4.78 is 0. The molecule has 0 radical (unpaired) electrons. The van der Waals surface area contributed by atoms with Gasteiger partial charge in [0.25, 0.3) is 0 Å². The highest BCUT2D eigenvalue weighted by atomic mass is 32.1. The predicted octanol–water partition coefficient (Wildman–Crippen LogP) is 1.78. The molecule has 0 aliphatic heterocycles. The molecule has 1 N–H and O–H groups in total. The molecular weight excluding hydrogens is 182 g/mol. The standard InChI is InChI=1S/C10H9NOS/c12-11-8-10-5-2-1-4-9(10)6-3-7-13/h1-2,4-5,8,12-13H,7H2.